The molecule has 0 bridgehead atoms. The number of benzene rings is 4. The first kappa shape index (κ1) is 15.7. The lowest BCUT2D eigenvalue weighted by molar-refractivity contribution is 0.289. The number of hydrogen-bond acceptors (Lipinski definition) is 3. The van der Waals surface area contributed by atoms with Crippen molar-refractivity contribution in [2.75, 3.05) is 0 Å². The van der Waals surface area contributed by atoms with Crippen LogP contribution in [0.3, 0.4) is 0 Å². The first-order valence-electron chi connectivity index (χ1n) is 7.09. The van der Waals surface area contributed by atoms with Crippen molar-refractivity contribution in [3.63, 3.8) is 0 Å². The van der Waals surface area contributed by atoms with E-state index in [0.717, 1.165) is 26.9 Å². The molecule has 0 saturated heterocycles. The van der Waals surface area contributed by atoms with Gasteiger partial charge in [-0.15, -0.1) is 0 Å². The highest BCUT2D eigenvalue weighted by Gasteiger charge is 2.15. The van der Waals surface area contributed by atoms with Crippen LogP contribution < -0.4 is 4.65 Å². The van der Waals surface area contributed by atoms with Gasteiger partial charge in [0.25, 0.3) is 0 Å². The van der Waals surface area contributed by atoms with E-state index < -0.39 is 7.32 Å². The molecule has 0 aliphatic rings. The van der Waals surface area contributed by atoms with Crippen molar-refractivity contribution in [1.82, 2.24) is 0 Å². The molecule has 4 rings (SSSR count). The molecule has 0 unspecified atom stereocenters. The molecule has 3 nitrogen and oxygen atoms in total. The molecule has 0 aliphatic carbocycles. The van der Waals surface area contributed by atoms with Crippen LogP contribution in [0.2, 0.25) is 0 Å². The minimum Gasteiger partial charge on any atom is -0.511 e. The summed E-state index contributed by atoms with van der Waals surface area (Å²) in [5.74, 6) is 0.466. The van der Waals surface area contributed by atoms with E-state index in [1.54, 1.807) is 6.07 Å². The first-order chi connectivity index (χ1) is 10.7. The van der Waals surface area contributed by atoms with Gasteiger partial charge in [-0.1, -0.05) is 48.5 Å². The van der Waals surface area contributed by atoms with Gasteiger partial charge in [-0.25, -0.2) is 0 Å². The molecule has 23 heavy (non-hydrogen) atoms. The second kappa shape index (κ2) is 6.12. The van der Waals surface area contributed by atoms with Crippen LogP contribution in [0.1, 0.15) is 0 Å². The van der Waals surface area contributed by atoms with Gasteiger partial charge in [0.2, 0.25) is 0 Å². The van der Waals surface area contributed by atoms with Crippen molar-refractivity contribution in [2.24, 2.45) is 0 Å². The van der Waals surface area contributed by atoms with Crippen molar-refractivity contribution < 1.29 is 14.7 Å². The number of rotatable bonds is 2. The highest BCUT2D eigenvalue weighted by Crippen LogP contribution is 2.35. The molecule has 114 valence electrons. The molecule has 4 aromatic rings. The Balaban J connectivity index is 0.00000156. The quantitative estimate of drug-likeness (QED) is 0.337. The van der Waals surface area contributed by atoms with E-state index in [4.69, 9.17) is 14.7 Å². The van der Waals surface area contributed by atoms with Crippen molar-refractivity contribution in [2.45, 2.75) is 0 Å². The lowest BCUT2D eigenvalue weighted by atomic mass is 9.97. The molecule has 0 radical (unpaired) electrons. The topological polar surface area (TPSA) is 49.7 Å². The predicted octanol–water partition coefficient (Wildman–Crippen LogP) is 3.61. The minimum atomic E-state index is -1.83. The molecule has 0 aliphatic heterocycles. The minimum absolute atomic E-state index is 0. The Labute approximate surface area is 140 Å². The SMILES string of the molecule is OB(O)Oc1cccc2ccc3cc4ccccc4cc3c12.S. The van der Waals surface area contributed by atoms with Gasteiger partial charge in [0.15, 0.2) is 0 Å². The van der Waals surface area contributed by atoms with Gasteiger partial charge >= 0.3 is 7.32 Å². The third kappa shape index (κ3) is 2.74. The van der Waals surface area contributed by atoms with Crippen LogP contribution in [0, 0.1) is 0 Å². The van der Waals surface area contributed by atoms with Crippen molar-refractivity contribution in [1.29, 1.82) is 0 Å². The summed E-state index contributed by atoms with van der Waals surface area (Å²) in [6.45, 7) is 0. The van der Waals surface area contributed by atoms with E-state index in [0.29, 0.717) is 5.75 Å². The summed E-state index contributed by atoms with van der Waals surface area (Å²) in [4.78, 5) is 0. The van der Waals surface area contributed by atoms with Crippen molar-refractivity contribution in [3.8, 4) is 5.75 Å². The van der Waals surface area contributed by atoms with E-state index in [9.17, 15) is 0 Å². The van der Waals surface area contributed by atoms with Crippen LogP contribution in [0.15, 0.2) is 66.7 Å². The maximum absolute atomic E-state index is 9.14. The smallest absolute Gasteiger partial charge is 0.511 e. The molecule has 0 saturated carbocycles. The summed E-state index contributed by atoms with van der Waals surface area (Å²) < 4.78 is 5.16. The fourth-order valence-electron chi connectivity index (χ4n) is 2.98. The van der Waals surface area contributed by atoms with Crippen LogP contribution in [0.4, 0.5) is 0 Å². The first-order valence-corrected chi connectivity index (χ1v) is 7.09. The van der Waals surface area contributed by atoms with Crippen LogP contribution in [0.5, 0.6) is 5.75 Å². The van der Waals surface area contributed by atoms with Crippen molar-refractivity contribution in [3.05, 3.63) is 66.7 Å². The largest absolute Gasteiger partial charge is 0.707 e. The van der Waals surface area contributed by atoms with Gasteiger partial charge in [-0.2, -0.15) is 13.5 Å². The van der Waals surface area contributed by atoms with Gasteiger partial charge < -0.3 is 14.7 Å². The summed E-state index contributed by atoms with van der Waals surface area (Å²) in [7, 11) is -1.83. The summed E-state index contributed by atoms with van der Waals surface area (Å²) in [5, 5.41) is 24.6. The van der Waals surface area contributed by atoms with Crippen molar-refractivity contribution >= 4 is 53.1 Å². The molecular formula is C18H15BO3S. The van der Waals surface area contributed by atoms with Gasteiger partial charge in [0.1, 0.15) is 5.75 Å². The summed E-state index contributed by atoms with van der Waals surface area (Å²) in [6, 6.07) is 22.1. The fraction of sp³-hybridized carbons (Fsp3) is 0. The highest BCUT2D eigenvalue weighted by atomic mass is 32.1. The Kier molecular flexibility index (Phi) is 4.17. The van der Waals surface area contributed by atoms with E-state index in [1.807, 2.05) is 30.3 Å². The highest BCUT2D eigenvalue weighted by molar-refractivity contribution is 7.59. The zero-order valence-electron chi connectivity index (χ0n) is 12.2. The Bertz CT molecular complexity index is 1000. The van der Waals surface area contributed by atoms with Crippen LogP contribution in [-0.4, -0.2) is 17.4 Å². The molecule has 0 spiro atoms. The standard InChI is InChI=1S/C18H13BO3.H2S/c20-19(21)22-17-7-3-6-12-8-9-15-10-13-4-1-2-5-14(13)11-16(15)18(12)17;/h1-11,20-21H;1H2. The zero-order chi connectivity index (χ0) is 15.1. The normalized spacial score (nSPS) is 10.7. The Morgan fingerprint density at radius 1 is 0.696 bits per heavy atom. The number of fused-ring (bicyclic) bond motifs is 4. The molecule has 0 fully saturated rings. The number of hydrogen-bond donors (Lipinski definition) is 2. The third-order valence-electron chi connectivity index (χ3n) is 3.92. The summed E-state index contributed by atoms with van der Waals surface area (Å²) in [5.41, 5.74) is 0. The van der Waals surface area contributed by atoms with E-state index in [2.05, 4.69) is 30.3 Å². The fourth-order valence-corrected chi connectivity index (χ4v) is 2.98. The van der Waals surface area contributed by atoms with E-state index in [-0.39, 0.29) is 13.5 Å². The van der Waals surface area contributed by atoms with Gasteiger partial charge in [-0.05, 0) is 45.1 Å². The van der Waals surface area contributed by atoms with E-state index >= 15 is 0 Å². The molecule has 0 heterocycles. The Hall–Kier alpha value is -2.21. The lowest BCUT2D eigenvalue weighted by Gasteiger charge is -2.12. The third-order valence-corrected chi connectivity index (χ3v) is 3.92. The maximum atomic E-state index is 9.14. The van der Waals surface area contributed by atoms with Crippen LogP contribution >= 0.6 is 13.5 Å². The Morgan fingerprint density at radius 3 is 2.09 bits per heavy atom. The van der Waals surface area contributed by atoms with Gasteiger partial charge in [0.05, 0.1) is 0 Å². The average molecular weight is 322 g/mol. The Morgan fingerprint density at radius 2 is 1.35 bits per heavy atom. The van der Waals surface area contributed by atoms with Gasteiger partial charge in [-0.3, -0.25) is 0 Å². The second-order valence-electron chi connectivity index (χ2n) is 5.28. The maximum Gasteiger partial charge on any atom is 0.707 e. The van der Waals surface area contributed by atoms with Crippen LogP contribution in [0.25, 0.3) is 32.3 Å². The zero-order valence-corrected chi connectivity index (χ0v) is 13.2. The molecule has 0 aromatic heterocycles. The second-order valence-corrected chi connectivity index (χ2v) is 5.28. The molecule has 0 atom stereocenters. The summed E-state index contributed by atoms with van der Waals surface area (Å²) in [6.07, 6.45) is 0. The predicted molar refractivity (Wildman–Crippen MR) is 100 cm³/mol. The molecular weight excluding hydrogens is 307 g/mol. The summed E-state index contributed by atoms with van der Waals surface area (Å²) >= 11 is 0. The molecule has 0 amide bonds. The van der Waals surface area contributed by atoms with Gasteiger partial charge in [0, 0.05) is 5.39 Å². The molecule has 2 N–H and O–H groups in total. The van der Waals surface area contributed by atoms with E-state index in [1.165, 1.54) is 5.39 Å². The molecule has 5 heteroatoms. The van der Waals surface area contributed by atoms with Crippen LogP contribution in [-0.2, 0) is 0 Å². The lowest BCUT2D eigenvalue weighted by Crippen LogP contribution is -2.20. The molecule has 4 aromatic carbocycles. The average Bonchev–Trinajstić information content (AvgIpc) is 2.52. The monoisotopic (exact) mass is 322 g/mol.